The molecule has 0 saturated heterocycles. The van der Waals surface area contributed by atoms with Gasteiger partial charge in [-0.25, -0.2) is 9.97 Å². The molecule has 1 atom stereocenters. The average molecular weight is 339 g/mol. The van der Waals surface area contributed by atoms with Crippen molar-refractivity contribution < 1.29 is 4.79 Å². The fourth-order valence-electron chi connectivity index (χ4n) is 1.70. The van der Waals surface area contributed by atoms with E-state index >= 15 is 0 Å². The minimum absolute atomic E-state index is 0.0885. The highest BCUT2D eigenvalue weighted by molar-refractivity contribution is 6.35. The number of hydrogen-bond acceptors (Lipinski definition) is 4. The predicted molar refractivity (Wildman–Crippen MR) is 89.0 cm³/mol. The fraction of sp³-hybridized carbons (Fsp3) is 0.267. The monoisotopic (exact) mass is 338 g/mol. The van der Waals surface area contributed by atoms with Gasteiger partial charge in [-0.1, -0.05) is 30.1 Å². The van der Waals surface area contributed by atoms with Crippen molar-refractivity contribution in [2.75, 3.05) is 5.32 Å². The number of anilines is 2. The van der Waals surface area contributed by atoms with Crippen molar-refractivity contribution in [3.05, 3.63) is 46.2 Å². The summed E-state index contributed by atoms with van der Waals surface area (Å²) in [4.78, 5) is 20.3. The third-order valence-corrected chi connectivity index (χ3v) is 3.43. The molecule has 5 nitrogen and oxygen atoms in total. The maximum Gasteiger partial charge on any atom is 0.270 e. The van der Waals surface area contributed by atoms with Crippen LogP contribution < -0.4 is 10.6 Å². The molecule has 0 aliphatic rings. The lowest BCUT2D eigenvalue weighted by atomic mass is 10.2. The quantitative estimate of drug-likeness (QED) is 0.862. The van der Waals surface area contributed by atoms with Crippen molar-refractivity contribution in [2.24, 2.45) is 0 Å². The number of amides is 1. The molecule has 0 aliphatic carbocycles. The number of aromatic nitrogens is 2. The average Bonchev–Trinajstić information content (AvgIpc) is 2.46. The van der Waals surface area contributed by atoms with Gasteiger partial charge in [0, 0.05) is 28.0 Å². The highest BCUT2D eigenvalue weighted by Crippen LogP contribution is 2.24. The number of carbonyl (C=O) groups excluding carboxylic acids is 1. The van der Waals surface area contributed by atoms with E-state index in [9.17, 15) is 4.79 Å². The zero-order valence-corrected chi connectivity index (χ0v) is 13.7. The summed E-state index contributed by atoms with van der Waals surface area (Å²) in [5.41, 5.74) is 0.947. The minimum atomic E-state index is -0.232. The highest BCUT2D eigenvalue weighted by atomic mass is 35.5. The first-order valence-electron chi connectivity index (χ1n) is 6.85. The first kappa shape index (κ1) is 16.5. The van der Waals surface area contributed by atoms with Gasteiger partial charge in [0.15, 0.2) is 0 Å². The Morgan fingerprint density at radius 1 is 1.27 bits per heavy atom. The molecule has 0 saturated carbocycles. The number of halogens is 2. The Morgan fingerprint density at radius 3 is 2.59 bits per heavy atom. The first-order valence-corrected chi connectivity index (χ1v) is 7.60. The highest BCUT2D eigenvalue weighted by Gasteiger charge is 2.11. The SMILES string of the molecule is CCC(C)NC(=O)c1ccnc(Nc2cc(Cl)cc(Cl)c2)n1. The molecule has 1 aromatic carbocycles. The molecule has 0 spiro atoms. The van der Waals surface area contributed by atoms with E-state index in [1.54, 1.807) is 24.3 Å². The molecule has 7 heteroatoms. The Morgan fingerprint density at radius 2 is 1.95 bits per heavy atom. The van der Waals surface area contributed by atoms with Gasteiger partial charge in [-0.05, 0) is 37.6 Å². The fourth-order valence-corrected chi connectivity index (χ4v) is 2.23. The van der Waals surface area contributed by atoms with E-state index in [-0.39, 0.29) is 11.9 Å². The summed E-state index contributed by atoms with van der Waals surface area (Å²) in [6.45, 7) is 3.94. The lowest BCUT2D eigenvalue weighted by molar-refractivity contribution is 0.0934. The Balaban J connectivity index is 2.16. The molecule has 2 N–H and O–H groups in total. The lowest BCUT2D eigenvalue weighted by Crippen LogP contribution is -2.32. The topological polar surface area (TPSA) is 66.9 Å². The van der Waals surface area contributed by atoms with Gasteiger partial charge in [0.2, 0.25) is 5.95 Å². The van der Waals surface area contributed by atoms with Crippen LogP contribution in [-0.4, -0.2) is 21.9 Å². The molecule has 0 bridgehead atoms. The van der Waals surface area contributed by atoms with Gasteiger partial charge < -0.3 is 10.6 Å². The van der Waals surface area contributed by atoms with Gasteiger partial charge in [0.05, 0.1) is 0 Å². The minimum Gasteiger partial charge on any atom is -0.348 e. The lowest BCUT2D eigenvalue weighted by Gasteiger charge is -2.11. The van der Waals surface area contributed by atoms with Gasteiger partial charge in [-0.2, -0.15) is 0 Å². The Hall–Kier alpha value is -1.85. The maximum absolute atomic E-state index is 12.1. The third-order valence-electron chi connectivity index (χ3n) is 3.00. The summed E-state index contributed by atoms with van der Waals surface area (Å²) in [7, 11) is 0. The molecule has 1 amide bonds. The predicted octanol–water partition coefficient (Wildman–Crippen LogP) is 4.06. The second kappa shape index (κ2) is 7.42. The summed E-state index contributed by atoms with van der Waals surface area (Å²) < 4.78 is 0. The van der Waals surface area contributed by atoms with Crippen LogP contribution in [0.4, 0.5) is 11.6 Å². The number of nitrogens with one attached hydrogen (secondary N) is 2. The van der Waals surface area contributed by atoms with Crippen LogP contribution in [0.15, 0.2) is 30.5 Å². The van der Waals surface area contributed by atoms with E-state index in [4.69, 9.17) is 23.2 Å². The van der Waals surface area contributed by atoms with Gasteiger partial charge in [-0.3, -0.25) is 4.79 Å². The molecular weight excluding hydrogens is 323 g/mol. The molecule has 1 unspecified atom stereocenters. The maximum atomic E-state index is 12.1. The van der Waals surface area contributed by atoms with Crippen molar-refractivity contribution in [2.45, 2.75) is 26.3 Å². The van der Waals surface area contributed by atoms with Crippen molar-refractivity contribution in [3.63, 3.8) is 0 Å². The molecule has 1 aromatic heterocycles. The van der Waals surface area contributed by atoms with Crippen molar-refractivity contribution >= 4 is 40.7 Å². The molecule has 116 valence electrons. The van der Waals surface area contributed by atoms with Crippen molar-refractivity contribution in [1.29, 1.82) is 0 Å². The Kier molecular flexibility index (Phi) is 5.57. The van der Waals surface area contributed by atoms with Crippen molar-refractivity contribution in [3.8, 4) is 0 Å². The zero-order chi connectivity index (χ0) is 16.1. The molecular formula is C15H16Cl2N4O. The van der Waals surface area contributed by atoms with E-state index in [1.165, 1.54) is 6.20 Å². The van der Waals surface area contributed by atoms with E-state index in [2.05, 4.69) is 20.6 Å². The van der Waals surface area contributed by atoms with Crippen LogP contribution in [0, 0.1) is 0 Å². The number of carbonyl (C=O) groups is 1. The molecule has 2 rings (SSSR count). The van der Waals surface area contributed by atoms with Crippen LogP contribution in [0.5, 0.6) is 0 Å². The Bertz CT molecular complexity index is 658. The molecule has 0 radical (unpaired) electrons. The van der Waals surface area contributed by atoms with Crippen LogP contribution in [0.3, 0.4) is 0 Å². The summed E-state index contributed by atoms with van der Waals surface area (Å²) in [5, 5.41) is 6.83. The summed E-state index contributed by atoms with van der Waals surface area (Å²) in [6.07, 6.45) is 2.37. The summed E-state index contributed by atoms with van der Waals surface area (Å²) >= 11 is 11.9. The van der Waals surface area contributed by atoms with Crippen LogP contribution >= 0.6 is 23.2 Å². The van der Waals surface area contributed by atoms with Gasteiger partial charge in [-0.15, -0.1) is 0 Å². The summed E-state index contributed by atoms with van der Waals surface area (Å²) in [5.74, 6) is 0.0686. The molecule has 22 heavy (non-hydrogen) atoms. The third kappa shape index (κ3) is 4.58. The molecule has 2 aromatic rings. The number of benzene rings is 1. The smallest absolute Gasteiger partial charge is 0.270 e. The summed E-state index contributed by atoms with van der Waals surface area (Å²) in [6, 6.07) is 6.68. The van der Waals surface area contributed by atoms with Crippen LogP contribution in [0.2, 0.25) is 10.0 Å². The Labute approximate surface area is 139 Å². The normalized spacial score (nSPS) is 11.8. The van der Waals surface area contributed by atoms with Crippen LogP contribution in [-0.2, 0) is 0 Å². The largest absolute Gasteiger partial charge is 0.348 e. The van der Waals surface area contributed by atoms with E-state index < -0.39 is 0 Å². The number of nitrogens with zero attached hydrogens (tertiary/aromatic N) is 2. The van der Waals surface area contributed by atoms with E-state index in [1.807, 2.05) is 13.8 Å². The van der Waals surface area contributed by atoms with E-state index in [0.717, 1.165) is 6.42 Å². The second-order valence-electron chi connectivity index (χ2n) is 4.83. The van der Waals surface area contributed by atoms with Gasteiger partial charge in [0.25, 0.3) is 5.91 Å². The van der Waals surface area contributed by atoms with Gasteiger partial charge >= 0.3 is 0 Å². The second-order valence-corrected chi connectivity index (χ2v) is 5.70. The number of rotatable bonds is 5. The standard InChI is InChI=1S/C15H16Cl2N4O/c1-3-9(2)19-14(22)13-4-5-18-15(21-13)20-12-7-10(16)6-11(17)8-12/h4-9H,3H2,1-2H3,(H,19,22)(H,18,20,21). The van der Waals surface area contributed by atoms with Gasteiger partial charge in [0.1, 0.15) is 5.69 Å². The molecule has 0 aliphatic heterocycles. The van der Waals surface area contributed by atoms with Crippen LogP contribution in [0.25, 0.3) is 0 Å². The van der Waals surface area contributed by atoms with Crippen LogP contribution in [0.1, 0.15) is 30.8 Å². The van der Waals surface area contributed by atoms with Crippen molar-refractivity contribution in [1.82, 2.24) is 15.3 Å². The van der Waals surface area contributed by atoms with E-state index in [0.29, 0.717) is 27.4 Å². The molecule has 1 heterocycles. The zero-order valence-electron chi connectivity index (χ0n) is 12.2. The molecule has 0 fully saturated rings. The number of hydrogen-bond donors (Lipinski definition) is 2. The first-order chi connectivity index (χ1) is 10.5.